The van der Waals surface area contributed by atoms with Crippen LogP contribution in [0.25, 0.3) is 0 Å². The Balaban J connectivity index is 1.97. The van der Waals surface area contributed by atoms with Crippen molar-refractivity contribution in [1.29, 1.82) is 0 Å². The van der Waals surface area contributed by atoms with Crippen molar-refractivity contribution in [2.45, 2.75) is 77.2 Å². The Kier molecular flexibility index (Phi) is 5.26. The monoisotopic (exact) mass is 273 g/mol. The first-order valence-corrected chi connectivity index (χ1v) is 8.37. The molecule has 1 atom stereocenters. The summed E-state index contributed by atoms with van der Waals surface area (Å²) in [7, 11) is 0. The van der Waals surface area contributed by atoms with Crippen molar-refractivity contribution in [2.24, 2.45) is 0 Å². The lowest BCUT2D eigenvalue weighted by molar-refractivity contribution is 0.388. The first-order valence-electron chi connectivity index (χ1n) is 8.37. The van der Waals surface area contributed by atoms with Crippen LogP contribution in [0.5, 0.6) is 0 Å². The van der Waals surface area contributed by atoms with Crippen molar-refractivity contribution in [2.75, 3.05) is 6.54 Å². The Morgan fingerprint density at radius 2 is 1.85 bits per heavy atom. The van der Waals surface area contributed by atoms with Crippen LogP contribution in [0.2, 0.25) is 0 Å². The molecule has 0 aromatic heterocycles. The average molecular weight is 273 g/mol. The van der Waals surface area contributed by atoms with E-state index in [-0.39, 0.29) is 5.41 Å². The molecule has 1 fully saturated rings. The van der Waals surface area contributed by atoms with Crippen LogP contribution in [0.15, 0.2) is 24.3 Å². The van der Waals surface area contributed by atoms with Gasteiger partial charge in [-0.1, -0.05) is 51.5 Å². The maximum Gasteiger partial charge on any atom is 0.00470 e. The van der Waals surface area contributed by atoms with Gasteiger partial charge in [-0.05, 0) is 61.6 Å². The molecule has 1 heteroatoms. The molecule has 1 unspecified atom stereocenters. The average Bonchev–Trinajstić information content (AvgIpc) is 2.34. The minimum atomic E-state index is 0.248. The minimum Gasteiger partial charge on any atom is -0.314 e. The highest BCUT2D eigenvalue weighted by Gasteiger charge is 2.24. The van der Waals surface area contributed by atoms with E-state index in [2.05, 4.69) is 57.3 Å². The zero-order chi connectivity index (χ0) is 14.6. The molecule has 0 bridgehead atoms. The minimum absolute atomic E-state index is 0.248. The smallest absolute Gasteiger partial charge is 0.00470 e. The lowest BCUT2D eigenvalue weighted by atomic mass is 9.76. The van der Waals surface area contributed by atoms with Crippen molar-refractivity contribution < 1.29 is 0 Å². The van der Waals surface area contributed by atoms with Crippen LogP contribution in [0, 0.1) is 0 Å². The Morgan fingerprint density at radius 3 is 2.35 bits per heavy atom. The zero-order valence-electron chi connectivity index (χ0n) is 13.7. The van der Waals surface area contributed by atoms with Crippen molar-refractivity contribution in [3.8, 4) is 0 Å². The van der Waals surface area contributed by atoms with Crippen molar-refractivity contribution in [1.82, 2.24) is 5.32 Å². The standard InChI is InChI=1S/C19H31N/c1-5-13-20-15(2)14-19(3,4)18-11-9-17(10-12-18)16-7-6-8-16/h9-12,15-16,20H,5-8,13-14H2,1-4H3. The second kappa shape index (κ2) is 6.76. The van der Waals surface area contributed by atoms with Gasteiger partial charge in [-0.25, -0.2) is 0 Å². The van der Waals surface area contributed by atoms with E-state index in [1.165, 1.54) is 37.7 Å². The van der Waals surface area contributed by atoms with Gasteiger partial charge in [-0.3, -0.25) is 0 Å². The molecule has 1 aliphatic rings. The predicted molar refractivity (Wildman–Crippen MR) is 88.4 cm³/mol. The van der Waals surface area contributed by atoms with Gasteiger partial charge in [0.25, 0.3) is 0 Å². The first kappa shape index (κ1) is 15.6. The molecule has 2 rings (SSSR count). The molecular formula is C19H31N. The van der Waals surface area contributed by atoms with Crippen molar-refractivity contribution >= 4 is 0 Å². The lowest BCUT2D eigenvalue weighted by Crippen LogP contribution is -2.33. The second-order valence-electron chi connectivity index (χ2n) is 7.19. The molecule has 112 valence electrons. The van der Waals surface area contributed by atoms with Crippen LogP contribution in [0.3, 0.4) is 0 Å². The molecule has 0 radical (unpaired) electrons. The molecular weight excluding hydrogens is 242 g/mol. The number of benzene rings is 1. The Bertz CT molecular complexity index is 400. The number of rotatable bonds is 7. The molecule has 1 aromatic carbocycles. The summed E-state index contributed by atoms with van der Waals surface area (Å²) in [6, 6.07) is 10.0. The third-order valence-electron chi connectivity index (χ3n) is 4.83. The van der Waals surface area contributed by atoms with Crippen LogP contribution in [-0.2, 0) is 5.41 Å². The predicted octanol–water partition coefficient (Wildman–Crippen LogP) is 5.01. The fourth-order valence-corrected chi connectivity index (χ4v) is 3.29. The van der Waals surface area contributed by atoms with Gasteiger partial charge >= 0.3 is 0 Å². The summed E-state index contributed by atoms with van der Waals surface area (Å²) in [6.45, 7) is 10.4. The highest BCUT2D eigenvalue weighted by molar-refractivity contribution is 5.31. The van der Waals surface area contributed by atoms with E-state index in [1.54, 1.807) is 5.56 Å². The van der Waals surface area contributed by atoms with Gasteiger partial charge in [0.1, 0.15) is 0 Å². The molecule has 0 heterocycles. The van der Waals surface area contributed by atoms with E-state index in [0.29, 0.717) is 6.04 Å². The Morgan fingerprint density at radius 1 is 1.20 bits per heavy atom. The molecule has 1 nitrogen and oxygen atoms in total. The zero-order valence-corrected chi connectivity index (χ0v) is 13.7. The van der Waals surface area contributed by atoms with Gasteiger partial charge in [0.05, 0.1) is 0 Å². The van der Waals surface area contributed by atoms with Gasteiger partial charge in [0, 0.05) is 6.04 Å². The normalized spacial score (nSPS) is 17.8. The van der Waals surface area contributed by atoms with E-state index in [4.69, 9.17) is 0 Å². The topological polar surface area (TPSA) is 12.0 Å². The molecule has 1 N–H and O–H groups in total. The summed E-state index contributed by atoms with van der Waals surface area (Å²) in [5.74, 6) is 0.845. The van der Waals surface area contributed by atoms with E-state index in [0.717, 1.165) is 12.5 Å². The first-order chi connectivity index (χ1) is 9.53. The molecule has 0 saturated heterocycles. The largest absolute Gasteiger partial charge is 0.314 e. The number of nitrogens with one attached hydrogen (secondary N) is 1. The van der Waals surface area contributed by atoms with Crippen molar-refractivity contribution in [3.05, 3.63) is 35.4 Å². The molecule has 1 saturated carbocycles. The van der Waals surface area contributed by atoms with Crippen LogP contribution >= 0.6 is 0 Å². The summed E-state index contributed by atoms with van der Waals surface area (Å²) in [6.07, 6.45) is 6.59. The van der Waals surface area contributed by atoms with Crippen LogP contribution in [-0.4, -0.2) is 12.6 Å². The Labute approximate surface area is 125 Å². The SMILES string of the molecule is CCCNC(C)CC(C)(C)c1ccc(C2CCC2)cc1. The molecule has 1 aliphatic carbocycles. The number of hydrogen-bond acceptors (Lipinski definition) is 1. The van der Waals surface area contributed by atoms with E-state index in [1.807, 2.05) is 0 Å². The second-order valence-corrected chi connectivity index (χ2v) is 7.19. The molecule has 0 aliphatic heterocycles. The fourth-order valence-electron chi connectivity index (χ4n) is 3.29. The van der Waals surface area contributed by atoms with E-state index in [9.17, 15) is 0 Å². The Hall–Kier alpha value is -0.820. The van der Waals surface area contributed by atoms with Crippen molar-refractivity contribution in [3.63, 3.8) is 0 Å². The highest BCUT2D eigenvalue weighted by atomic mass is 14.9. The summed E-state index contributed by atoms with van der Waals surface area (Å²) < 4.78 is 0. The molecule has 0 amide bonds. The van der Waals surface area contributed by atoms with E-state index >= 15 is 0 Å². The summed E-state index contributed by atoms with van der Waals surface area (Å²) in [4.78, 5) is 0. The summed E-state index contributed by atoms with van der Waals surface area (Å²) in [5, 5.41) is 3.61. The third-order valence-corrected chi connectivity index (χ3v) is 4.83. The maximum absolute atomic E-state index is 3.61. The van der Waals surface area contributed by atoms with Gasteiger partial charge in [0.15, 0.2) is 0 Å². The fraction of sp³-hybridized carbons (Fsp3) is 0.684. The molecule has 0 spiro atoms. The van der Waals surface area contributed by atoms with Gasteiger partial charge < -0.3 is 5.32 Å². The maximum atomic E-state index is 3.61. The quantitative estimate of drug-likeness (QED) is 0.736. The van der Waals surface area contributed by atoms with Crippen LogP contribution < -0.4 is 5.32 Å². The van der Waals surface area contributed by atoms with E-state index < -0.39 is 0 Å². The lowest BCUT2D eigenvalue weighted by Gasteiger charge is -2.31. The summed E-state index contributed by atoms with van der Waals surface area (Å²) >= 11 is 0. The van der Waals surface area contributed by atoms with Gasteiger partial charge in [-0.15, -0.1) is 0 Å². The summed E-state index contributed by atoms with van der Waals surface area (Å²) in [5.41, 5.74) is 3.27. The van der Waals surface area contributed by atoms with Gasteiger partial charge in [0.2, 0.25) is 0 Å². The third kappa shape index (κ3) is 3.85. The van der Waals surface area contributed by atoms with Crippen LogP contribution in [0.4, 0.5) is 0 Å². The van der Waals surface area contributed by atoms with Crippen LogP contribution in [0.1, 0.15) is 76.8 Å². The number of hydrogen-bond donors (Lipinski definition) is 1. The molecule has 20 heavy (non-hydrogen) atoms. The van der Waals surface area contributed by atoms with Gasteiger partial charge in [-0.2, -0.15) is 0 Å². The molecule has 1 aromatic rings. The highest BCUT2D eigenvalue weighted by Crippen LogP contribution is 2.37.